The van der Waals surface area contributed by atoms with E-state index in [0.29, 0.717) is 45.4 Å². The number of aliphatic carboxylic acids is 1. The van der Waals surface area contributed by atoms with Crippen molar-refractivity contribution in [1.82, 2.24) is 9.55 Å². The molecule has 2 fully saturated rings. The number of aryl methyl sites for hydroxylation is 2. The van der Waals surface area contributed by atoms with Gasteiger partial charge in [-0.15, -0.1) is 11.3 Å². The number of benzene rings is 2. The zero-order valence-corrected chi connectivity index (χ0v) is 25.5. The molecular weight excluding hydrogens is 554 g/mol. The summed E-state index contributed by atoms with van der Waals surface area (Å²) in [5.41, 5.74) is 3.23. The molecular formula is C32H37N3O6S. The molecule has 2 unspecified atom stereocenters. The van der Waals surface area contributed by atoms with Gasteiger partial charge in [-0.05, 0) is 73.6 Å². The van der Waals surface area contributed by atoms with Crippen LogP contribution in [0.25, 0.3) is 22.2 Å². The fraction of sp³-hybridized carbons (Fsp3) is 0.406. The number of nitrogens with zero attached hydrogens (tertiary/aromatic N) is 2. The van der Waals surface area contributed by atoms with Gasteiger partial charge in [0, 0.05) is 21.3 Å². The van der Waals surface area contributed by atoms with Crippen LogP contribution in [-0.4, -0.2) is 47.9 Å². The fourth-order valence-electron chi connectivity index (χ4n) is 5.78. The highest BCUT2D eigenvalue weighted by Crippen LogP contribution is 2.51. The molecule has 0 radical (unpaired) electrons. The number of hydrogen-bond donors (Lipinski definition) is 2. The molecule has 0 aliphatic heterocycles. The zero-order valence-electron chi connectivity index (χ0n) is 24.7. The van der Waals surface area contributed by atoms with E-state index in [9.17, 15) is 14.7 Å². The number of thiazole rings is 1. The van der Waals surface area contributed by atoms with Crippen molar-refractivity contribution in [2.24, 2.45) is 11.8 Å². The molecule has 2 aromatic heterocycles. The largest absolute Gasteiger partial charge is 0.497 e. The summed E-state index contributed by atoms with van der Waals surface area (Å²) in [5, 5.41) is 13.4. The SMILES string of the molecule is C1CC2CC2C1.CCc1sc(NC(=O)c2cc3cc(OC)ccc3n2CC(=O)O)nc1-c1cc(OC)c(C)cc1OC. The fourth-order valence-corrected chi connectivity index (χ4v) is 6.69. The van der Waals surface area contributed by atoms with E-state index in [2.05, 4.69) is 5.32 Å². The highest BCUT2D eigenvalue weighted by atomic mass is 32.1. The van der Waals surface area contributed by atoms with E-state index in [0.717, 1.165) is 16.0 Å². The first-order valence-electron chi connectivity index (χ1n) is 14.2. The quantitative estimate of drug-likeness (QED) is 0.220. The second-order valence-corrected chi connectivity index (χ2v) is 11.8. The van der Waals surface area contributed by atoms with Crippen LogP contribution in [-0.2, 0) is 17.8 Å². The van der Waals surface area contributed by atoms with Gasteiger partial charge < -0.3 is 23.9 Å². The van der Waals surface area contributed by atoms with Crippen molar-refractivity contribution >= 4 is 39.2 Å². The van der Waals surface area contributed by atoms with Crippen LogP contribution >= 0.6 is 11.3 Å². The summed E-state index contributed by atoms with van der Waals surface area (Å²) in [6.07, 6.45) is 6.94. The molecule has 1 amide bonds. The molecule has 2 atom stereocenters. The van der Waals surface area contributed by atoms with Crippen LogP contribution in [0.3, 0.4) is 0 Å². The normalized spacial score (nSPS) is 16.8. The molecule has 2 N–H and O–H groups in total. The topological polar surface area (TPSA) is 112 Å². The summed E-state index contributed by atoms with van der Waals surface area (Å²) in [7, 11) is 4.76. The second kappa shape index (κ2) is 12.4. The summed E-state index contributed by atoms with van der Waals surface area (Å²) in [4.78, 5) is 30.5. The number of fused-ring (bicyclic) bond motifs is 2. The summed E-state index contributed by atoms with van der Waals surface area (Å²) in [5.74, 6) is 2.89. The minimum absolute atomic E-state index is 0.213. The number of anilines is 1. The lowest BCUT2D eigenvalue weighted by atomic mass is 10.1. The number of ether oxygens (including phenoxy) is 3. The van der Waals surface area contributed by atoms with Crippen LogP contribution in [0, 0.1) is 18.8 Å². The van der Waals surface area contributed by atoms with Crippen LogP contribution in [0.1, 0.15) is 53.5 Å². The van der Waals surface area contributed by atoms with E-state index in [1.54, 1.807) is 64.9 Å². The van der Waals surface area contributed by atoms with Crippen molar-refractivity contribution < 1.29 is 28.9 Å². The molecule has 10 heteroatoms. The third-order valence-electron chi connectivity index (χ3n) is 8.06. The Balaban J connectivity index is 0.000000513. The Morgan fingerprint density at radius 1 is 1.05 bits per heavy atom. The summed E-state index contributed by atoms with van der Waals surface area (Å²) in [6.45, 7) is 3.59. The maximum Gasteiger partial charge on any atom is 0.323 e. The third-order valence-corrected chi connectivity index (χ3v) is 9.18. The van der Waals surface area contributed by atoms with E-state index in [-0.39, 0.29) is 12.2 Å². The summed E-state index contributed by atoms with van der Waals surface area (Å²) >= 11 is 1.36. The Morgan fingerprint density at radius 3 is 2.36 bits per heavy atom. The van der Waals surface area contributed by atoms with Gasteiger partial charge in [-0.2, -0.15) is 0 Å². The average Bonchev–Trinajstić information content (AvgIpc) is 3.29. The molecule has 0 spiro atoms. The van der Waals surface area contributed by atoms with Crippen molar-refractivity contribution in [3.05, 3.63) is 52.5 Å². The number of hydrogen-bond acceptors (Lipinski definition) is 7. The van der Waals surface area contributed by atoms with Gasteiger partial charge in [-0.3, -0.25) is 14.9 Å². The van der Waals surface area contributed by atoms with Crippen LogP contribution in [0.4, 0.5) is 5.13 Å². The first-order valence-corrected chi connectivity index (χ1v) is 15.0. The Kier molecular flexibility index (Phi) is 8.72. The number of carbonyl (C=O) groups is 2. The average molecular weight is 592 g/mol. The van der Waals surface area contributed by atoms with Crippen LogP contribution in [0.15, 0.2) is 36.4 Å². The Hall–Kier alpha value is -4.05. The van der Waals surface area contributed by atoms with Gasteiger partial charge in [0.1, 0.15) is 29.5 Å². The Labute approximate surface area is 249 Å². The number of aromatic nitrogens is 2. The molecule has 2 aliphatic rings. The number of carboxylic acids is 1. The second-order valence-electron chi connectivity index (χ2n) is 10.7. The molecule has 2 aromatic carbocycles. The molecule has 2 heterocycles. The predicted molar refractivity (Wildman–Crippen MR) is 164 cm³/mol. The van der Waals surface area contributed by atoms with E-state index in [1.165, 1.54) is 34.2 Å². The van der Waals surface area contributed by atoms with Crippen molar-refractivity contribution in [2.75, 3.05) is 26.6 Å². The monoisotopic (exact) mass is 591 g/mol. The number of carbonyl (C=O) groups excluding carboxylic acids is 1. The lowest BCUT2D eigenvalue weighted by Gasteiger charge is -2.12. The molecule has 4 aromatic rings. The van der Waals surface area contributed by atoms with Gasteiger partial charge in [-0.1, -0.05) is 26.2 Å². The predicted octanol–water partition coefficient (Wildman–Crippen LogP) is 6.80. The molecule has 0 saturated heterocycles. The van der Waals surface area contributed by atoms with Gasteiger partial charge in [0.05, 0.1) is 27.0 Å². The molecule has 0 bridgehead atoms. The molecule has 6 rings (SSSR count). The van der Waals surface area contributed by atoms with Gasteiger partial charge in [-0.25, -0.2) is 4.98 Å². The van der Waals surface area contributed by atoms with E-state index in [4.69, 9.17) is 19.2 Å². The molecule has 2 aliphatic carbocycles. The number of carboxylic acid groups (broad SMARTS) is 1. The number of amides is 1. The maximum atomic E-state index is 13.3. The first-order chi connectivity index (χ1) is 20.3. The number of nitrogens with one attached hydrogen (secondary N) is 1. The van der Waals surface area contributed by atoms with Gasteiger partial charge in [0.15, 0.2) is 5.13 Å². The van der Waals surface area contributed by atoms with Crippen molar-refractivity contribution in [3.8, 4) is 28.5 Å². The Bertz CT molecular complexity index is 1620. The molecule has 2 saturated carbocycles. The lowest BCUT2D eigenvalue weighted by Crippen LogP contribution is -2.19. The van der Waals surface area contributed by atoms with Crippen molar-refractivity contribution in [3.63, 3.8) is 0 Å². The van der Waals surface area contributed by atoms with Gasteiger partial charge in [0.25, 0.3) is 5.91 Å². The standard InChI is InChI=1S/C26H27N3O6S.C6H10/c1-6-22-24(17-12-20(34-4)14(2)9-21(17)35-5)27-26(36-22)28-25(32)19-11-15-10-16(33-3)7-8-18(15)29(19)13-23(30)31;1-2-5-4-6(5)3-1/h7-12H,6,13H2,1-5H3,(H,30,31)(H,27,28,32);5-6H,1-4H2. The minimum Gasteiger partial charge on any atom is -0.497 e. The highest BCUT2D eigenvalue weighted by Gasteiger charge is 2.40. The lowest BCUT2D eigenvalue weighted by molar-refractivity contribution is -0.137. The highest BCUT2D eigenvalue weighted by molar-refractivity contribution is 7.16. The van der Waals surface area contributed by atoms with Crippen LogP contribution < -0.4 is 19.5 Å². The van der Waals surface area contributed by atoms with E-state index < -0.39 is 11.9 Å². The number of rotatable bonds is 9. The van der Waals surface area contributed by atoms with Gasteiger partial charge >= 0.3 is 5.97 Å². The molecule has 9 nitrogen and oxygen atoms in total. The van der Waals surface area contributed by atoms with Crippen LogP contribution in [0.5, 0.6) is 17.2 Å². The smallest absolute Gasteiger partial charge is 0.323 e. The summed E-state index contributed by atoms with van der Waals surface area (Å²) in [6, 6.07) is 10.7. The molecule has 222 valence electrons. The van der Waals surface area contributed by atoms with E-state index >= 15 is 0 Å². The summed E-state index contributed by atoms with van der Waals surface area (Å²) < 4.78 is 17.8. The third kappa shape index (κ3) is 6.09. The zero-order chi connectivity index (χ0) is 30.0. The first kappa shape index (κ1) is 29.4. The van der Waals surface area contributed by atoms with Crippen LogP contribution in [0.2, 0.25) is 0 Å². The van der Waals surface area contributed by atoms with E-state index in [1.807, 2.05) is 26.0 Å². The molecule has 42 heavy (non-hydrogen) atoms. The Morgan fingerprint density at radius 2 is 1.79 bits per heavy atom. The van der Waals surface area contributed by atoms with Gasteiger partial charge in [0.2, 0.25) is 0 Å². The maximum absolute atomic E-state index is 13.3. The number of methoxy groups -OCH3 is 3. The van der Waals surface area contributed by atoms with Crippen molar-refractivity contribution in [2.45, 2.75) is 52.5 Å². The van der Waals surface area contributed by atoms with Crippen molar-refractivity contribution in [1.29, 1.82) is 0 Å². The minimum atomic E-state index is -1.05.